The van der Waals surface area contributed by atoms with Crippen molar-refractivity contribution in [1.29, 1.82) is 0 Å². The van der Waals surface area contributed by atoms with Crippen LogP contribution in [0.15, 0.2) is 41.4 Å². The number of nitrogens with one attached hydrogen (secondary N) is 1. The first kappa shape index (κ1) is 14.7. The van der Waals surface area contributed by atoms with Crippen molar-refractivity contribution >= 4 is 0 Å². The van der Waals surface area contributed by atoms with Crippen LogP contribution in [0.4, 0.5) is 0 Å². The molecule has 0 radical (unpaired) electrons. The lowest BCUT2D eigenvalue weighted by molar-refractivity contribution is 0.174. The Hall–Kier alpha value is -3.62. The van der Waals surface area contributed by atoms with E-state index in [2.05, 4.69) is 25.1 Å². The number of H-pyrrole nitrogens is 1. The first-order chi connectivity index (χ1) is 12.8. The third-order valence-corrected chi connectivity index (χ3v) is 4.16. The van der Waals surface area contributed by atoms with Gasteiger partial charge in [0.15, 0.2) is 23.1 Å². The fraction of sp³-hybridized carbons (Fsp3) is 0.176. The van der Waals surface area contributed by atoms with Crippen LogP contribution in [-0.4, -0.2) is 36.5 Å². The van der Waals surface area contributed by atoms with Crippen molar-refractivity contribution in [2.75, 3.05) is 6.79 Å². The number of aromatic nitrogens is 6. The van der Waals surface area contributed by atoms with E-state index in [1.807, 2.05) is 35.9 Å². The van der Waals surface area contributed by atoms with Crippen LogP contribution in [0.2, 0.25) is 0 Å². The van der Waals surface area contributed by atoms with Crippen LogP contribution >= 0.6 is 0 Å². The maximum atomic E-state index is 5.40. The van der Waals surface area contributed by atoms with Crippen LogP contribution in [0, 0.1) is 6.92 Å². The number of hydrogen-bond acceptors (Lipinski definition) is 7. The van der Waals surface area contributed by atoms with Gasteiger partial charge in [0, 0.05) is 23.7 Å². The molecule has 0 bridgehead atoms. The van der Waals surface area contributed by atoms with Gasteiger partial charge >= 0.3 is 0 Å². The largest absolute Gasteiger partial charge is 0.454 e. The van der Waals surface area contributed by atoms with Crippen molar-refractivity contribution < 1.29 is 14.0 Å². The minimum Gasteiger partial charge on any atom is -0.454 e. The molecular weight excluding hydrogens is 336 g/mol. The second-order valence-corrected chi connectivity index (χ2v) is 5.84. The molecule has 9 heteroatoms. The molecule has 0 amide bonds. The monoisotopic (exact) mass is 350 g/mol. The summed E-state index contributed by atoms with van der Waals surface area (Å²) in [4.78, 5) is 16.2. The number of nitrogens with zero attached hydrogens (tertiary/aromatic N) is 5. The Morgan fingerprint density at radius 1 is 1.19 bits per heavy atom. The maximum Gasteiger partial charge on any atom is 0.258 e. The summed E-state index contributed by atoms with van der Waals surface area (Å²) in [5.41, 5.74) is 2.53. The molecule has 3 aromatic heterocycles. The molecule has 4 heterocycles. The number of aryl methyl sites for hydroxylation is 1. The van der Waals surface area contributed by atoms with Gasteiger partial charge in [-0.05, 0) is 25.1 Å². The van der Waals surface area contributed by atoms with Gasteiger partial charge in [-0.2, -0.15) is 4.98 Å². The summed E-state index contributed by atoms with van der Waals surface area (Å²) < 4.78 is 18.0. The summed E-state index contributed by atoms with van der Waals surface area (Å²) in [5, 5.41) is 4.07. The molecule has 9 nitrogen and oxygen atoms in total. The van der Waals surface area contributed by atoms with E-state index in [1.165, 1.54) is 0 Å². The lowest BCUT2D eigenvalue weighted by atomic mass is 10.2. The summed E-state index contributed by atoms with van der Waals surface area (Å²) in [6, 6.07) is 5.52. The molecule has 0 unspecified atom stereocenters. The van der Waals surface area contributed by atoms with Crippen molar-refractivity contribution in [2.24, 2.45) is 0 Å². The number of hydrogen-bond donors (Lipinski definition) is 1. The Morgan fingerprint density at radius 2 is 2.12 bits per heavy atom. The van der Waals surface area contributed by atoms with Crippen molar-refractivity contribution in [2.45, 2.75) is 13.5 Å². The predicted octanol–water partition coefficient (Wildman–Crippen LogP) is 2.41. The third kappa shape index (κ3) is 2.41. The summed E-state index contributed by atoms with van der Waals surface area (Å²) in [5.74, 6) is 3.11. The van der Waals surface area contributed by atoms with Gasteiger partial charge in [-0.3, -0.25) is 0 Å². The highest BCUT2D eigenvalue weighted by molar-refractivity contribution is 5.60. The highest BCUT2D eigenvalue weighted by Gasteiger charge is 2.18. The Kier molecular flexibility index (Phi) is 3.24. The van der Waals surface area contributed by atoms with Gasteiger partial charge < -0.3 is 23.5 Å². The molecule has 130 valence electrons. The van der Waals surface area contributed by atoms with E-state index in [4.69, 9.17) is 14.0 Å². The maximum absolute atomic E-state index is 5.40. The number of ether oxygens (including phenoxy) is 2. The zero-order valence-corrected chi connectivity index (χ0v) is 13.8. The van der Waals surface area contributed by atoms with Gasteiger partial charge in [0.25, 0.3) is 5.89 Å². The SMILES string of the molecule is Cc1[nH]cnc1-c1nccn1Cc1noc(-c2ccc3c(c2)OCO3)n1. The van der Waals surface area contributed by atoms with Crippen molar-refractivity contribution in [1.82, 2.24) is 29.7 Å². The molecule has 1 aromatic carbocycles. The number of fused-ring (bicyclic) bond motifs is 1. The molecule has 1 aliphatic heterocycles. The average molecular weight is 350 g/mol. The molecule has 26 heavy (non-hydrogen) atoms. The summed E-state index contributed by atoms with van der Waals surface area (Å²) >= 11 is 0. The lowest BCUT2D eigenvalue weighted by Crippen LogP contribution is -2.03. The number of aromatic amines is 1. The fourth-order valence-electron chi connectivity index (χ4n) is 2.86. The Balaban J connectivity index is 1.42. The van der Waals surface area contributed by atoms with Gasteiger partial charge in [0.1, 0.15) is 5.69 Å². The zero-order valence-electron chi connectivity index (χ0n) is 13.8. The van der Waals surface area contributed by atoms with E-state index in [9.17, 15) is 0 Å². The highest BCUT2D eigenvalue weighted by atomic mass is 16.7. The highest BCUT2D eigenvalue weighted by Crippen LogP contribution is 2.35. The van der Waals surface area contributed by atoms with Crippen LogP contribution < -0.4 is 9.47 Å². The van der Waals surface area contributed by atoms with E-state index in [0.717, 1.165) is 22.8 Å². The van der Waals surface area contributed by atoms with Crippen LogP contribution in [-0.2, 0) is 6.54 Å². The number of imidazole rings is 2. The molecule has 1 N–H and O–H groups in total. The quantitative estimate of drug-likeness (QED) is 0.602. The van der Waals surface area contributed by atoms with Crippen LogP contribution in [0.25, 0.3) is 23.0 Å². The standard InChI is InChI=1S/C17H14N6O3/c1-10-15(20-8-19-10)16-18-4-5-23(16)7-14-21-17(26-22-14)11-2-3-12-13(6-11)25-9-24-12/h2-6,8H,7,9H2,1H3,(H,19,20). The Morgan fingerprint density at radius 3 is 3.00 bits per heavy atom. The van der Waals surface area contributed by atoms with Crippen LogP contribution in [0.3, 0.4) is 0 Å². The summed E-state index contributed by atoms with van der Waals surface area (Å²) in [6.07, 6.45) is 5.23. The Bertz CT molecular complexity index is 1080. The second-order valence-electron chi connectivity index (χ2n) is 5.84. The van der Waals surface area contributed by atoms with Crippen LogP contribution in [0.5, 0.6) is 11.5 Å². The van der Waals surface area contributed by atoms with E-state index in [0.29, 0.717) is 29.8 Å². The van der Waals surface area contributed by atoms with Crippen molar-refractivity contribution in [3.63, 3.8) is 0 Å². The van der Waals surface area contributed by atoms with Gasteiger partial charge in [-0.15, -0.1) is 0 Å². The minimum absolute atomic E-state index is 0.226. The van der Waals surface area contributed by atoms with E-state index >= 15 is 0 Å². The fourth-order valence-corrected chi connectivity index (χ4v) is 2.86. The molecule has 1 aliphatic rings. The van der Waals surface area contributed by atoms with Crippen LogP contribution in [0.1, 0.15) is 11.5 Å². The molecule has 4 aromatic rings. The van der Waals surface area contributed by atoms with Crippen molar-refractivity contribution in [3.05, 3.63) is 48.4 Å². The zero-order chi connectivity index (χ0) is 17.5. The molecule has 0 fully saturated rings. The molecule has 5 rings (SSSR count). The molecular formula is C17H14N6O3. The third-order valence-electron chi connectivity index (χ3n) is 4.16. The first-order valence-electron chi connectivity index (χ1n) is 8.02. The first-order valence-corrected chi connectivity index (χ1v) is 8.02. The second kappa shape index (κ2) is 5.73. The normalized spacial score (nSPS) is 12.7. The van der Waals surface area contributed by atoms with Gasteiger partial charge in [0.2, 0.25) is 6.79 Å². The van der Waals surface area contributed by atoms with Gasteiger partial charge in [-0.1, -0.05) is 5.16 Å². The van der Waals surface area contributed by atoms with Gasteiger partial charge in [-0.25, -0.2) is 9.97 Å². The summed E-state index contributed by atoms with van der Waals surface area (Å²) in [6.45, 7) is 2.60. The predicted molar refractivity (Wildman–Crippen MR) is 89.5 cm³/mol. The molecule has 0 spiro atoms. The molecule has 0 aliphatic carbocycles. The van der Waals surface area contributed by atoms with E-state index in [-0.39, 0.29) is 6.79 Å². The Labute approximate surface area is 147 Å². The van der Waals surface area contributed by atoms with E-state index < -0.39 is 0 Å². The molecule has 0 saturated carbocycles. The topological polar surface area (TPSA) is 104 Å². The lowest BCUT2D eigenvalue weighted by Gasteiger charge is -2.03. The number of benzene rings is 1. The number of rotatable bonds is 4. The summed E-state index contributed by atoms with van der Waals surface area (Å²) in [7, 11) is 0. The molecule has 0 atom stereocenters. The minimum atomic E-state index is 0.226. The van der Waals surface area contributed by atoms with Crippen molar-refractivity contribution in [3.8, 4) is 34.5 Å². The molecule has 0 saturated heterocycles. The average Bonchev–Trinajstić information content (AvgIpc) is 3.41. The van der Waals surface area contributed by atoms with Gasteiger partial charge in [0.05, 0.1) is 12.9 Å². The smallest absolute Gasteiger partial charge is 0.258 e. The van der Waals surface area contributed by atoms with E-state index in [1.54, 1.807) is 12.5 Å².